The van der Waals surface area contributed by atoms with Crippen molar-refractivity contribution in [3.63, 3.8) is 0 Å². The van der Waals surface area contributed by atoms with Crippen LogP contribution < -0.4 is 10.1 Å². The Kier molecular flexibility index (Phi) is 5.64. The van der Waals surface area contributed by atoms with Crippen LogP contribution >= 0.6 is 27.5 Å². The molecule has 5 nitrogen and oxygen atoms in total. The van der Waals surface area contributed by atoms with Gasteiger partial charge in [-0.15, -0.1) is 0 Å². The maximum Gasteiger partial charge on any atom is 0.329 e. The van der Waals surface area contributed by atoms with Gasteiger partial charge in [0.05, 0.1) is 13.2 Å². The van der Waals surface area contributed by atoms with E-state index in [-0.39, 0.29) is 18.1 Å². The normalized spacial score (nSPS) is 15.5. The molecular formula is C19H16BrClN2O3. The Bertz CT molecular complexity index is 881. The van der Waals surface area contributed by atoms with Gasteiger partial charge in [-0.25, -0.2) is 4.79 Å². The van der Waals surface area contributed by atoms with Crippen molar-refractivity contribution in [2.75, 3.05) is 6.61 Å². The van der Waals surface area contributed by atoms with E-state index in [9.17, 15) is 9.59 Å². The van der Waals surface area contributed by atoms with Gasteiger partial charge in [0.2, 0.25) is 0 Å². The molecule has 3 amide bonds. The van der Waals surface area contributed by atoms with E-state index in [1.807, 2.05) is 25.1 Å². The standard InChI is InChI=1S/C19H16BrClN2O3/c1-2-26-17-8-5-14(20)9-13(17)10-16-18(24)23(19(25)22-16)11-12-3-6-15(21)7-4-12/h3-10H,2,11H2,1H3,(H,22,25)/b16-10-. The molecule has 0 atom stereocenters. The second-order valence-electron chi connectivity index (χ2n) is 5.62. The van der Waals surface area contributed by atoms with Crippen molar-refractivity contribution in [3.05, 3.63) is 68.8 Å². The number of carbonyl (C=O) groups excluding carboxylic acids is 2. The van der Waals surface area contributed by atoms with Gasteiger partial charge in [0.1, 0.15) is 11.4 Å². The lowest BCUT2D eigenvalue weighted by Gasteiger charge is -2.11. The first kappa shape index (κ1) is 18.5. The van der Waals surface area contributed by atoms with E-state index in [1.54, 1.807) is 30.3 Å². The van der Waals surface area contributed by atoms with Gasteiger partial charge in [0, 0.05) is 15.1 Å². The van der Waals surface area contributed by atoms with Gasteiger partial charge < -0.3 is 10.1 Å². The van der Waals surface area contributed by atoms with Gasteiger partial charge in [0.25, 0.3) is 5.91 Å². The average molecular weight is 436 g/mol. The molecule has 0 saturated carbocycles. The lowest BCUT2D eigenvalue weighted by Crippen LogP contribution is -2.30. The first-order valence-corrected chi connectivity index (χ1v) is 9.16. The molecule has 7 heteroatoms. The number of nitrogens with zero attached hydrogens (tertiary/aromatic N) is 1. The van der Waals surface area contributed by atoms with Crippen molar-refractivity contribution < 1.29 is 14.3 Å². The second kappa shape index (κ2) is 7.93. The van der Waals surface area contributed by atoms with Crippen molar-refractivity contribution in [2.24, 2.45) is 0 Å². The fraction of sp³-hybridized carbons (Fsp3) is 0.158. The molecule has 0 aliphatic carbocycles. The first-order chi connectivity index (χ1) is 12.5. The predicted molar refractivity (Wildman–Crippen MR) is 104 cm³/mol. The maximum absolute atomic E-state index is 12.6. The molecule has 1 aliphatic rings. The molecular weight excluding hydrogens is 420 g/mol. The van der Waals surface area contributed by atoms with Crippen LogP contribution in [0.25, 0.3) is 6.08 Å². The average Bonchev–Trinajstić information content (AvgIpc) is 2.87. The zero-order chi connectivity index (χ0) is 18.7. The number of amides is 3. The smallest absolute Gasteiger partial charge is 0.329 e. The number of hydrogen-bond donors (Lipinski definition) is 1. The minimum absolute atomic E-state index is 0.177. The van der Waals surface area contributed by atoms with E-state index in [1.165, 1.54) is 0 Å². The van der Waals surface area contributed by atoms with Crippen LogP contribution in [0, 0.1) is 0 Å². The highest BCUT2D eigenvalue weighted by atomic mass is 79.9. The van der Waals surface area contributed by atoms with Gasteiger partial charge in [-0.2, -0.15) is 0 Å². The first-order valence-electron chi connectivity index (χ1n) is 7.99. The summed E-state index contributed by atoms with van der Waals surface area (Å²) in [5, 5.41) is 3.23. The second-order valence-corrected chi connectivity index (χ2v) is 6.97. The highest BCUT2D eigenvalue weighted by Crippen LogP contribution is 2.27. The summed E-state index contributed by atoms with van der Waals surface area (Å²) in [6.07, 6.45) is 1.62. The minimum Gasteiger partial charge on any atom is -0.493 e. The molecule has 26 heavy (non-hydrogen) atoms. The lowest BCUT2D eigenvalue weighted by atomic mass is 10.1. The Balaban J connectivity index is 1.85. The molecule has 1 fully saturated rings. The van der Waals surface area contributed by atoms with E-state index >= 15 is 0 Å². The fourth-order valence-electron chi connectivity index (χ4n) is 2.56. The Hall–Kier alpha value is -2.31. The Labute approximate surface area is 164 Å². The van der Waals surface area contributed by atoms with Crippen LogP contribution in [0.2, 0.25) is 5.02 Å². The van der Waals surface area contributed by atoms with Crippen molar-refractivity contribution in [1.29, 1.82) is 0 Å². The summed E-state index contributed by atoms with van der Waals surface area (Å²) in [6, 6.07) is 12.1. The number of benzene rings is 2. The number of carbonyl (C=O) groups is 2. The number of halogens is 2. The van der Waals surface area contributed by atoms with Crippen LogP contribution in [-0.2, 0) is 11.3 Å². The van der Waals surface area contributed by atoms with Gasteiger partial charge in [-0.1, -0.05) is 39.7 Å². The van der Waals surface area contributed by atoms with Crippen LogP contribution in [-0.4, -0.2) is 23.4 Å². The van der Waals surface area contributed by atoms with Crippen LogP contribution in [0.15, 0.2) is 52.6 Å². The van der Waals surface area contributed by atoms with Crippen LogP contribution in [0.4, 0.5) is 4.79 Å². The molecule has 0 aromatic heterocycles. The summed E-state index contributed by atoms with van der Waals surface area (Å²) in [7, 11) is 0. The van der Waals surface area contributed by atoms with Gasteiger partial charge in [-0.3, -0.25) is 9.69 Å². The fourth-order valence-corrected chi connectivity index (χ4v) is 3.07. The van der Waals surface area contributed by atoms with Crippen molar-refractivity contribution >= 4 is 45.5 Å². The molecule has 2 aromatic rings. The highest BCUT2D eigenvalue weighted by Gasteiger charge is 2.33. The van der Waals surface area contributed by atoms with Crippen LogP contribution in [0.5, 0.6) is 5.75 Å². The van der Waals surface area contributed by atoms with Gasteiger partial charge >= 0.3 is 6.03 Å². The Morgan fingerprint density at radius 2 is 1.92 bits per heavy atom. The van der Waals surface area contributed by atoms with Crippen LogP contribution in [0.1, 0.15) is 18.1 Å². The zero-order valence-corrected chi connectivity index (χ0v) is 16.3. The number of imide groups is 1. The molecule has 3 rings (SSSR count). The number of nitrogens with one attached hydrogen (secondary N) is 1. The van der Waals surface area contributed by atoms with Gasteiger partial charge in [0.15, 0.2) is 0 Å². The number of urea groups is 1. The molecule has 0 bridgehead atoms. The molecule has 0 radical (unpaired) electrons. The van der Waals surface area contributed by atoms with Crippen molar-refractivity contribution in [3.8, 4) is 5.75 Å². The largest absolute Gasteiger partial charge is 0.493 e. The number of ether oxygens (including phenoxy) is 1. The van der Waals surface area contributed by atoms with E-state index in [0.29, 0.717) is 22.9 Å². The predicted octanol–water partition coefficient (Wildman–Crippen LogP) is 4.59. The maximum atomic E-state index is 12.6. The van der Waals surface area contributed by atoms with Crippen molar-refractivity contribution in [1.82, 2.24) is 10.2 Å². The third-order valence-corrected chi connectivity index (χ3v) is 4.53. The Morgan fingerprint density at radius 1 is 1.19 bits per heavy atom. The molecule has 2 aromatic carbocycles. The lowest BCUT2D eigenvalue weighted by molar-refractivity contribution is -0.123. The SMILES string of the molecule is CCOc1ccc(Br)cc1/C=C1\NC(=O)N(Cc2ccc(Cl)cc2)C1=O. The Morgan fingerprint density at radius 3 is 2.62 bits per heavy atom. The third kappa shape index (κ3) is 4.08. The summed E-state index contributed by atoms with van der Waals surface area (Å²) in [6.45, 7) is 2.56. The van der Waals surface area contributed by atoms with Gasteiger partial charge in [-0.05, 0) is 48.9 Å². The summed E-state index contributed by atoms with van der Waals surface area (Å²) in [4.78, 5) is 26.0. The topological polar surface area (TPSA) is 58.6 Å². The zero-order valence-electron chi connectivity index (χ0n) is 14.0. The molecule has 1 saturated heterocycles. The molecule has 0 unspecified atom stereocenters. The quantitative estimate of drug-likeness (QED) is 0.552. The summed E-state index contributed by atoms with van der Waals surface area (Å²) < 4.78 is 6.43. The third-order valence-electron chi connectivity index (χ3n) is 3.79. The van der Waals surface area contributed by atoms with Crippen molar-refractivity contribution in [2.45, 2.75) is 13.5 Å². The molecule has 0 spiro atoms. The van der Waals surface area contributed by atoms with E-state index in [2.05, 4.69) is 21.2 Å². The molecule has 1 heterocycles. The summed E-state index contributed by atoms with van der Waals surface area (Å²) >= 11 is 9.28. The van der Waals surface area contributed by atoms with E-state index < -0.39 is 6.03 Å². The molecule has 134 valence electrons. The van der Waals surface area contributed by atoms with E-state index in [4.69, 9.17) is 16.3 Å². The monoisotopic (exact) mass is 434 g/mol. The minimum atomic E-state index is -0.454. The summed E-state index contributed by atoms with van der Waals surface area (Å²) in [5.74, 6) is 0.258. The van der Waals surface area contributed by atoms with E-state index in [0.717, 1.165) is 14.9 Å². The number of hydrogen-bond acceptors (Lipinski definition) is 3. The number of rotatable bonds is 5. The van der Waals surface area contributed by atoms with Crippen LogP contribution in [0.3, 0.4) is 0 Å². The summed E-state index contributed by atoms with van der Waals surface area (Å²) in [5.41, 5.74) is 1.73. The molecule has 1 aliphatic heterocycles. The highest BCUT2D eigenvalue weighted by molar-refractivity contribution is 9.10. The molecule has 1 N–H and O–H groups in total.